The van der Waals surface area contributed by atoms with Crippen molar-refractivity contribution in [1.29, 1.82) is 0 Å². The molecule has 34 heavy (non-hydrogen) atoms. The molecular weight excluding hydrogens is 491 g/mol. The number of nitrogens with zero attached hydrogens (tertiary/aromatic N) is 3. The van der Waals surface area contributed by atoms with Gasteiger partial charge in [0.05, 0.1) is 39.8 Å². The van der Waals surface area contributed by atoms with E-state index < -0.39 is 27.1 Å². The molecule has 0 saturated carbocycles. The zero-order chi connectivity index (χ0) is 24.8. The van der Waals surface area contributed by atoms with Crippen LogP contribution in [0.4, 0.5) is 11.4 Å². The minimum atomic E-state index is -0.786. The van der Waals surface area contributed by atoms with E-state index in [-0.39, 0.29) is 27.8 Å². The highest BCUT2D eigenvalue weighted by Crippen LogP contribution is 2.38. The average molecular weight is 505 g/mol. The molecule has 0 unspecified atom stereocenters. The van der Waals surface area contributed by atoms with Gasteiger partial charge in [-0.15, -0.1) is 0 Å². The Kier molecular flexibility index (Phi) is 7.61. The standard InChI is InChI=1S/C21H14Cl2N4O7/c1-33-20-8-12(11-24-25-21(28)15-5-3-13(22)9-16(15)23)2-6-19(20)34-18-7-4-14(26(29)30)10-17(18)27(31)32/h2-11H,1H3,(H,25,28)/b24-11-. The highest BCUT2D eigenvalue weighted by atomic mass is 35.5. The minimum Gasteiger partial charge on any atom is -0.493 e. The van der Waals surface area contributed by atoms with Gasteiger partial charge >= 0.3 is 5.69 Å². The zero-order valence-corrected chi connectivity index (χ0v) is 18.7. The maximum absolute atomic E-state index is 12.2. The van der Waals surface area contributed by atoms with E-state index in [9.17, 15) is 25.0 Å². The van der Waals surface area contributed by atoms with Gasteiger partial charge in [0.15, 0.2) is 11.5 Å². The number of ether oxygens (including phenoxy) is 2. The van der Waals surface area contributed by atoms with Crippen LogP contribution in [0.25, 0.3) is 0 Å². The molecule has 0 aliphatic heterocycles. The number of hydrogen-bond acceptors (Lipinski definition) is 8. The molecule has 3 aromatic carbocycles. The van der Waals surface area contributed by atoms with E-state index in [1.807, 2.05) is 0 Å². The van der Waals surface area contributed by atoms with Crippen LogP contribution in [0.3, 0.4) is 0 Å². The lowest BCUT2D eigenvalue weighted by molar-refractivity contribution is -0.394. The van der Waals surface area contributed by atoms with Gasteiger partial charge in [-0.05, 0) is 48.0 Å². The second-order valence-electron chi connectivity index (χ2n) is 6.50. The van der Waals surface area contributed by atoms with E-state index in [2.05, 4.69) is 10.5 Å². The summed E-state index contributed by atoms with van der Waals surface area (Å²) in [4.78, 5) is 32.9. The molecule has 0 bridgehead atoms. The van der Waals surface area contributed by atoms with E-state index in [0.29, 0.717) is 10.6 Å². The van der Waals surface area contributed by atoms with Gasteiger partial charge < -0.3 is 9.47 Å². The number of nitro benzene ring substituents is 2. The molecule has 0 aromatic heterocycles. The largest absolute Gasteiger partial charge is 0.493 e. The Hall–Kier alpha value is -4.22. The van der Waals surface area contributed by atoms with Gasteiger partial charge in [-0.2, -0.15) is 5.10 Å². The van der Waals surface area contributed by atoms with E-state index >= 15 is 0 Å². The van der Waals surface area contributed by atoms with Crippen LogP contribution in [0, 0.1) is 20.2 Å². The second kappa shape index (κ2) is 10.6. The van der Waals surface area contributed by atoms with E-state index in [1.165, 1.54) is 43.7 Å². The number of hydrogen-bond donors (Lipinski definition) is 1. The highest BCUT2D eigenvalue weighted by Gasteiger charge is 2.22. The van der Waals surface area contributed by atoms with Gasteiger partial charge in [-0.25, -0.2) is 5.43 Å². The summed E-state index contributed by atoms with van der Waals surface area (Å²) in [5.74, 6) is -0.435. The van der Waals surface area contributed by atoms with Gasteiger partial charge in [0.1, 0.15) is 0 Å². The number of halogens is 2. The van der Waals surface area contributed by atoms with Gasteiger partial charge in [0.2, 0.25) is 5.75 Å². The summed E-state index contributed by atoms with van der Waals surface area (Å²) >= 11 is 11.8. The lowest BCUT2D eigenvalue weighted by Gasteiger charge is -2.11. The van der Waals surface area contributed by atoms with Crippen molar-refractivity contribution in [2.45, 2.75) is 0 Å². The molecule has 174 valence electrons. The van der Waals surface area contributed by atoms with Gasteiger partial charge in [0, 0.05) is 11.1 Å². The molecule has 3 rings (SSSR count). The first kappa shape index (κ1) is 24.4. The molecule has 0 fully saturated rings. The third-order valence-electron chi connectivity index (χ3n) is 4.31. The predicted molar refractivity (Wildman–Crippen MR) is 124 cm³/mol. The van der Waals surface area contributed by atoms with Crippen molar-refractivity contribution in [2.75, 3.05) is 7.11 Å². The number of amides is 1. The topological polar surface area (TPSA) is 146 Å². The Bertz CT molecular complexity index is 1310. The molecule has 0 heterocycles. The van der Waals surface area contributed by atoms with Gasteiger partial charge in [-0.3, -0.25) is 25.0 Å². The molecule has 3 aromatic rings. The molecule has 1 amide bonds. The Morgan fingerprint density at radius 3 is 2.35 bits per heavy atom. The maximum Gasteiger partial charge on any atom is 0.318 e. The molecule has 0 saturated heterocycles. The number of carbonyl (C=O) groups is 1. The van der Waals surface area contributed by atoms with Crippen molar-refractivity contribution < 1.29 is 24.1 Å². The summed E-state index contributed by atoms with van der Waals surface area (Å²) in [7, 11) is 1.36. The van der Waals surface area contributed by atoms with Crippen molar-refractivity contribution in [2.24, 2.45) is 5.10 Å². The van der Waals surface area contributed by atoms with Crippen LogP contribution < -0.4 is 14.9 Å². The smallest absolute Gasteiger partial charge is 0.318 e. The fourth-order valence-corrected chi connectivity index (χ4v) is 3.21. The quantitative estimate of drug-likeness (QED) is 0.246. The summed E-state index contributed by atoms with van der Waals surface area (Å²) < 4.78 is 10.8. The normalized spacial score (nSPS) is 10.7. The Balaban J connectivity index is 1.78. The van der Waals surface area contributed by atoms with Crippen molar-refractivity contribution in [1.82, 2.24) is 5.43 Å². The lowest BCUT2D eigenvalue weighted by atomic mass is 10.2. The molecule has 0 atom stereocenters. The van der Waals surface area contributed by atoms with E-state index in [0.717, 1.165) is 18.2 Å². The first-order valence-electron chi connectivity index (χ1n) is 9.26. The summed E-state index contributed by atoms with van der Waals surface area (Å²) in [5.41, 5.74) is 2.01. The van der Waals surface area contributed by atoms with E-state index in [1.54, 1.807) is 6.07 Å². The Labute approximate surface area is 201 Å². The van der Waals surface area contributed by atoms with Crippen molar-refractivity contribution in [3.05, 3.63) is 96.0 Å². The number of benzene rings is 3. The maximum atomic E-state index is 12.2. The first-order valence-corrected chi connectivity index (χ1v) is 10.0. The number of methoxy groups -OCH3 is 1. The molecule has 0 spiro atoms. The molecule has 0 aliphatic rings. The SMILES string of the molecule is COc1cc(/C=N\NC(=O)c2ccc(Cl)cc2Cl)ccc1Oc1ccc([N+](=O)[O-])cc1[N+](=O)[O-]. The number of carbonyl (C=O) groups excluding carboxylic acids is 1. The van der Waals surface area contributed by atoms with Crippen LogP contribution in [0.1, 0.15) is 15.9 Å². The minimum absolute atomic E-state index is 0.119. The molecular formula is C21H14Cl2N4O7. The van der Waals surface area contributed by atoms with Crippen LogP contribution in [-0.4, -0.2) is 29.1 Å². The van der Waals surface area contributed by atoms with E-state index in [4.69, 9.17) is 32.7 Å². The van der Waals surface area contributed by atoms with Crippen LogP contribution in [0.5, 0.6) is 17.2 Å². The summed E-state index contributed by atoms with van der Waals surface area (Å²) in [6, 6.07) is 12.0. The monoisotopic (exact) mass is 504 g/mol. The third kappa shape index (κ3) is 5.77. The van der Waals surface area contributed by atoms with Crippen LogP contribution >= 0.6 is 23.2 Å². The number of rotatable bonds is 8. The summed E-state index contributed by atoms with van der Waals surface area (Å²) in [5, 5.41) is 26.6. The lowest BCUT2D eigenvalue weighted by Crippen LogP contribution is -2.18. The fourth-order valence-electron chi connectivity index (χ4n) is 2.71. The van der Waals surface area contributed by atoms with Crippen LogP contribution in [-0.2, 0) is 0 Å². The van der Waals surface area contributed by atoms with Crippen molar-refractivity contribution >= 4 is 46.7 Å². The predicted octanol–water partition coefficient (Wildman–Crippen LogP) is 5.37. The second-order valence-corrected chi connectivity index (χ2v) is 7.35. The number of nitrogens with one attached hydrogen (secondary N) is 1. The summed E-state index contributed by atoms with van der Waals surface area (Å²) in [6.45, 7) is 0. The first-order chi connectivity index (χ1) is 16.2. The van der Waals surface area contributed by atoms with Gasteiger partial charge in [-0.1, -0.05) is 23.2 Å². The molecule has 0 radical (unpaired) electrons. The van der Waals surface area contributed by atoms with Crippen LogP contribution in [0.2, 0.25) is 10.0 Å². The Morgan fingerprint density at radius 1 is 0.971 bits per heavy atom. The molecule has 0 aliphatic carbocycles. The third-order valence-corrected chi connectivity index (χ3v) is 4.86. The number of non-ortho nitro benzene ring substituents is 1. The fraction of sp³-hybridized carbons (Fsp3) is 0.0476. The Morgan fingerprint density at radius 2 is 1.71 bits per heavy atom. The van der Waals surface area contributed by atoms with Crippen LogP contribution in [0.15, 0.2) is 59.7 Å². The molecule has 1 N–H and O–H groups in total. The average Bonchev–Trinajstić information content (AvgIpc) is 2.79. The molecule has 13 heteroatoms. The number of nitro groups is 2. The zero-order valence-electron chi connectivity index (χ0n) is 17.2. The van der Waals surface area contributed by atoms with Crippen molar-refractivity contribution in [3.8, 4) is 17.2 Å². The molecule has 11 nitrogen and oxygen atoms in total. The highest BCUT2D eigenvalue weighted by molar-refractivity contribution is 6.36. The van der Waals surface area contributed by atoms with Crippen molar-refractivity contribution in [3.63, 3.8) is 0 Å². The van der Waals surface area contributed by atoms with Gasteiger partial charge in [0.25, 0.3) is 11.6 Å². The number of hydrazone groups is 1. The summed E-state index contributed by atoms with van der Waals surface area (Å²) in [6.07, 6.45) is 1.34.